The van der Waals surface area contributed by atoms with Crippen LogP contribution in [-0.4, -0.2) is 60.0 Å². The van der Waals surface area contributed by atoms with Crippen molar-refractivity contribution < 1.29 is 22.7 Å². The summed E-state index contributed by atoms with van der Waals surface area (Å²) in [7, 11) is 0. The van der Waals surface area contributed by atoms with Gasteiger partial charge < -0.3 is 10.1 Å². The molecule has 1 saturated heterocycles. The van der Waals surface area contributed by atoms with Gasteiger partial charge in [0.05, 0.1) is 13.2 Å². The highest BCUT2D eigenvalue weighted by atomic mass is 19.4. The topological polar surface area (TPSA) is 59.4 Å². The second-order valence-corrected chi connectivity index (χ2v) is 6.79. The smallest absolute Gasteiger partial charge is 0.379 e. The lowest BCUT2D eigenvalue weighted by molar-refractivity contribution is -0.142. The zero-order valence-electron chi connectivity index (χ0n) is 14.8. The molecule has 0 unspecified atom stereocenters. The first-order chi connectivity index (χ1) is 12.4. The van der Waals surface area contributed by atoms with Crippen molar-refractivity contribution in [3.63, 3.8) is 0 Å². The third-order valence-electron chi connectivity index (χ3n) is 4.92. The number of hydrogen-bond donors (Lipinski definition) is 1. The maximum absolute atomic E-state index is 13.3. The minimum atomic E-state index is -4.48. The highest BCUT2D eigenvalue weighted by Gasteiger charge is 2.39. The van der Waals surface area contributed by atoms with Crippen LogP contribution in [0.3, 0.4) is 0 Å². The van der Waals surface area contributed by atoms with E-state index in [2.05, 4.69) is 15.3 Å². The summed E-state index contributed by atoms with van der Waals surface area (Å²) in [6, 6.07) is 0. The van der Waals surface area contributed by atoms with Crippen molar-refractivity contribution >= 4 is 5.91 Å². The Labute approximate surface area is 150 Å². The van der Waals surface area contributed by atoms with Gasteiger partial charge in [0.2, 0.25) is 5.91 Å². The number of hydrogen-bond acceptors (Lipinski definition) is 4. The van der Waals surface area contributed by atoms with E-state index in [1.807, 2.05) is 0 Å². The summed E-state index contributed by atoms with van der Waals surface area (Å²) >= 11 is 0. The van der Waals surface area contributed by atoms with Crippen molar-refractivity contribution in [2.45, 2.75) is 44.8 Å². The molecule has 0 spiro atoms. The van der Waals surface area contributed by atoms with Crippen molar-refractivity contribution in [2.24, 2.45) is 0 Å². The van der Waals surface area contributed by atoms with Crippen LogP contribution in [0.15, 0.2) is 0 Å². The van der Waals surface area contributed by atoms with Crippen LogP contribution >= 0.6 is 0 Å². The Bertz CT molecular complexity index is 624. The number of amides is 1. The Kier molecular flexibility index (Phi) is 6.18. The van der Waals surface area contributed by atoms with Gasteiger partial charge in [-0.3, -0.25) is 14.4 Å². The van der Waals surface area contributed by atoms with Crippen LogP contribution in [0.25, 0.3) is 0 Å². The van der Waals surface area contributed by atoms with Gasteiger partial charge in [0.25, 0.3) is 0 Å². The molecule has 1 amide bonds. The van der Waals surface area contributed by atoms with Crippen LogP contribution < -0.4 is 5.32 Å². The summed E-state index contributed by atoms with van der Waals surface area (Å²) in [5, 5.41) is 6.53. The van der Waals surface area contributed by atoms with Crippen molar-refractivity contribution in [1.29, 1.82) is 0 Å². The number of carbonyl (C=O) groups is 1. The number of morpholine rings is 1. The first-order valence-corrected chi connectivity index (χ1v) is 9.17. The Morgan fingerprint density at radius 2 is 1.88 bits per heavy atom. The molecule has 0 radical (unpaired) electrons. The predicted octanol–water partition coefficient (Wildman–Crippen LogP) is 1.62. The number of halogens is 3. The van der Waals surface area contributed by atoms with Crippen molar-refractivity contribution in [3.05, 3.63) is 17.0 Å². The van der Waals surface area contributed by atoms with Crippen LogP contribution in [0, 0.1) is 0 Å². The van der Waals surface area contributed by atoms with E-state index in [4.69, 9.17) is 4.74 Å². The SMILES string of the molecule is O=C(Cn1nc(C(F)(F)F)c2c1CCCCC2)NCCN1CCOCC1. The molecule has 0 aromatic carbocycles. The lowest BCUT2D eigenvalue weighted by Gasteiger charge is -2.26. The third-order valence-corrected chi connectivity index (χ3v) is 4.92. The maximum Gasteiger partial charge on any atom is 0.435 e. The number of nitrogens with zero attached hydrogens (tertiary/aromatic N) is 3. The minimum Gasteiger partial charge on any atom is -0.379 e. The van der Waals surface area contributed by atoms with Gasteiger partial charge in [-0.05, 0) is 25.7 Å². The molecule has 0 atom stereocenters. The number of alkyl halides is 3. The third kappa shape index (κ3) is 4.76. The van der Waals surface area contributed by atoms with E-state index in [-0.39, 0.29) is 18.0 Å². The fraction of sp³-hybridized carbons (Fsp3) is 0.765. The zero-order chi connectivity index (χ0) is 18.6. The number of rotatable bonds is 5. The van der Waals surface area contributed by atoms with Gasteiger partial charge in [0.1, 0.15) is 6.54 Å². The average Bonchev–Trinajstić information content (AvgIpc) is 2.78. The summed E-state index contributed by atoms with van der Waals surface area (Å²) in [6.07, 6.45) is -1.10. The summed E-state index contributed by atoms with van der Waals surface area (Å²) in [5.74, 6) is -0.304. The average molecular weight is 374 g/mol. The molecule has 2 aliphatic rings. The van der Waals surface area contributed by atoms with Gasteiger partial charge in [0, 0.05) is 37.4 Å². The summed E-state index contributed by atoms with van der Waals surface area (Å²) in [4.78, 5) is 14.4. The predicted molar refractivity (Wildman–Crippen MR) is 88.8 cm³/mol. The van der Waals surface area contributed by atoms with Crippen LogP contribution in [-0.2, 0) is 35.1 Å². The van der Waals surface area contributed by atoms with Crippen molar-refractivity contribution in [3.8, 4) is 0 Å². The monoisotopic (exact) mass is 374 g/mol. The summed E-state index contributed by atoms with van der Waals surface area (Å²) < 4.78 is 46.4. The highest BCUT2D eigenvalue weighted by Crippen LogP contribution is 2.35. The molecule has 1 aliphatic carbocycles. The molecule has 1 aromatic heterocycles. The molecule has 1 aliphatic heterocycles. The van der Waals surface area contributed by atoms with Crippen LogP contribution in [0.5, 0.6) is 0 Å². The molecular weight excluding hydrogens is 349 g/mol. The first kappa shape index (κ1) is 19.2. The van der Waals surface area contributed by atoms with E-state index in [0.29, 0.717) is 44.8 Å². The van der Waals surface area contributed by atoms with Crippen LogP contribution in [0.4, 0.5) is 13.2 Å². The van der Waals surface area contributed by atoms with E-state index < -0.39 is 11.9 Å². The molecule has 9 heteroatoms. The maximum atomic E-state index is 13.3. The molecular formula is C17H25F3N4O2. The van der Waals surface area contributed by atoms with E-state index in [9.17, 15) is 18.0 Å². The molecule has 1 fully saturated rings. The normalized spacial score (nSPS) is 19.0. The largest absolute Gasteiger partial charge is 0.435 e. The Morgan fingerprint density at radius 3 is 2.62 bits per heavy atom. The van der Waals surface area contributed by atoms with Crippen molar-refractivity contribution in [1.82, 2.24) is 20.0 Å². The Hall–Kier alpha value is -1.61. The lowest BCUT2D eigenvalue weighted by Crippen LogP contribution is -2.42. The first-order valence-electron chi connectivity index (χ1n) is 9.17. The van der Waals surface area contributed by atoms with Crippen LogP contribution in [0.1, 0.15) is 36.2 Å². The summed E-state index contributed by atoms with van der Waals surface area (Å²) in [5.41, 5.74) is 0.0183. The standard InChI is InChI=1S/C17H25F3N4O2/c18-17(19,20)16-13-4-2-1-3-5-14(13)24(22-16)12-15(25)21-6-7-23-8-10-26-11-9-23/h1-12H2,(H,21,25). The van der Waals surface area contributed by atoms with E-state index in [1.54, 1.807) is 0 Å². The lowest BCUT2D eigenvalue weighted by atomic mass is 10.1. The number of aromatic nitrogens is 2. The number of fused-ring (bicyclic) bond motifs is 1. The van der Waals surface area contributed by atoms with Gasteiger partial charge in [0.15, 0.2) is 5.69 Å². The molecule has 1 aromatic rings. The zero-order valence-corrected chi connectivity index (χ0v) is 14.8. The molecule has 146 valence electrons. The minimum absolute atomic E-state index is 0.165. The molecule has 1 N–H and O–H groups in total. The van der Waals surface area contributed by atoms with E-state index >= 15 is 0 Å². The van der Waals surface area contributed by atoms with Gasteiger partial charge in [-0.1, -0.05) is 6.42 Å². The molecule has 0 bridgehead atoms. The van der Waals surface area contributed by atoms with Crippen molar-refractivity contribution in [2.75, 3.05) is 39.4 Å². The molecule has 6 nitrogen and oxygen atoms in total. The van der Waals surface area contributed by atoms with E-state index in [0.717, 1.165) is 32.4 Å². The number of carbonyl (C=O) groups excluding carboxylic acids is 1. The summed E-state index contributed by atoms with van der Waals surface area (Å²) in [6.45, 7) is 4.05. The van der Waals surface area contributed by atoms with Crippen LogP contribution in [0.2, 0.25) is 0 Å². The number of ether oxygens (including phenoxy) is 1. The molecule has 3 rings (SSSR count). The molecule has 26 heavy (non-hydrogen) atoms. The van der Waals surface area contributed by atoms with Gasteiger partial charge in [-0.15, -0.1) is 0 Å². The van der Waals surface area contributed by atoms with Gasteiger partial charge in [-0.2, -0.15) is 18.3 Å². The second-order valence-electron chi connectivity index (χ2n) is 6.79. The number of nitrogens with one attached hydrogen (secondary N) is 1. The Morgan fingerprint density at radius 1 is 1.15 bits per heavy atom. The quantitative estimate of drug-likeness (QED) is 0.796. The van der Waals surface area contributed by atoms with Gasteiger partial charge in [-0.25, -0.2) is 0 Å². The molecule has 0 saturated carbocycles. The fourth-order valence-corrected chi connectivity index (χ4v) is 3.58. The highest BCUT2D eigenvalue weighted by molar-refractivity contribution is 5.75. The Balaban J connectivity index is 1.61. The van der Waals surface area contributed by atoms with E-state index in [1.165, 1.54) is 4.68 Å². The second kappa shape index (κ2) is 8.39. The molecule has 2 heterocycles. The fourth-order valence-electron chi connectivity index (χ4n) is 3.58. The van der Waals surface area contributed by atoms with Gasteiger partial charge >= 0.3 is 6.18 Å².